The first-order valence-electron chi connectivity index (χ1n) is 10.7. The first-order valence-corrected chi connectivity index (χ1v) is 10.7. The number of nitrogen functional groups attached to an aromatic ring is 1. The van der Waals surface area contributed by atoms with E-state index in [1.54, 1.807) is 6.21 Å². The number of rotatable bonds is 7. The van der Waals surface area contributed by atoms with Gasteiger partial charge in [0, 0.05) is 18.7 Å². The van der Waals surface area contributed by atoms with Crippen LogP contribution in [0, 0.1) is 5.92 Å². The Morgan fingerprint density at radius 1 is 1.31 bits per heavy atom. The Morgan fingerprint density at radius 3 is 2.75 bits per heavy atom. The predicted molar refractivity (Wildman–Crippen MR) is 118 cm³/mol. The van der Waals surface area contributed by atoms with E-state index >= 15 is 0 Å². The number of nitrogens with two attached hydrogens (primary N) is 1. The Labute approximate surface area is 185 Å². The monoisotopic (exact) mass is 437 g/mol. The molecule has 2 aromatic heterocycles. The van der Waals surface area contributed by atoms with E-state index in [0.717, 1.165) is 31.5 Å². The number of piperidine rings is 1. The highest BCUT2D eigenvalue weighted by Crippen LogP contribution is 2.21. The maximum absolute atomic E-state index is 12.9. The van der Waals surface area contributed by atoms with Crippen molar-refractivity contribution in [2.45, 2.75) is 39.2 Å². The van der Waals surface area contributed by atoms with Crippen molar-refractivity contribution in [3.63, 3.8) is 0 Å². The maximum atomic E-state index is 12.9. The molecule has 1 saturated heterocycles. The first kappa shape index (κ1) is 21.6. The van der Waals surface area contributed by atoms with Crippen molar-refractivity contribution in [3.05, 3.63) is 47.3 Å². The number of hydrogen-bond acceptors (Lipinski definition) is 9. The number of carbonyl (C=O) groups is 1. The molecule has 4 rings (SSSR count). The largest absolute Gasteiger partial charge is 0.378 e. The molecule has 1 amide bonds. The molecule has 3 aromatic rings. The van der Waals surface area contributed by atoms with Crippen LogP contribution in [0.1, 0.15) is 54.4 Å². The fourth-order valence-electron chi connectivity index (χ4n) is 3.66. The summed E-state index contributed by atoms with van der Waals surface area (Å²) in [4.78, 5) is 15.2. The second kappa shape index (κ2) is 9.69. The Morgan fingerprint density at radius 2 is 2.06 bits per heavy atom. The molecule has 3 N–H and O–H groups in total. The van der Waals surface area contributed by atoms with E-state index in [4.69, 9.17) is 10.4 Å². The molecular weight excluding hydrogens is 410 g/mol. The van der Waals surface area contributed by atoms with Crippen LogP contribution in [0.2, 0.25) is 0 Å². The molecule has 0 saturated carbocycles. The minimum Gasteiger partial charge on any atom is -0.378 e. The Kier molecular flexibility index (Phi) is 6.55. The van der Waals surface area contributed by atoms with Gasteiger partial charge in [-0.15, -0.1) is 5.10 Å². The van der Waals surface area contributed by atoms with Crippen LogP contribution < -0.4 is 11.2 Å². The second-order valence-corrected chi connectivity index (χ2v) is 8.15. The zero-order chi connectivity index (χ0) is 22.5. The van der Waals surface area contributed by atoms with Gasteiger partial charge in [0.05, 0.1) is 5.69 Å². The summed E-state index contributed by atoms with van der Waals surface area (Å²) in [7, 11) is 0. The summed E-state index contributed by atoms with van der Waals surface area (Å²) in [5.74, 6) is 0.558. The number of anilines is 1. The van der Waals surface area contributed by atoms with Crippen LogP contribution in [-0.2, 0) is 6.54 Å². The summed E-state index contributed by atoms with van der Waals surface area (Å²) in [6.45, 7) is 6.57. The topological polar surface area (TPSA) is 140 Å². The van der Waals surface area contributed by atoms with Crippen molar-refractivity contribution in [3.8, 4) is 5.82 Å². The summed E-state index contributed by atoms with van der Waals surface area (Å²) in [5.41, 5.74) is 10.2. The highest BCUT2D eigenvalue weighted by atomic mass is 16.6. The summed E-state index contributed by atoms with van der Waals surface area (Å²) < 4.78 is 6.12. The van der Waals surface area contributed by atoms with Gasteiger partial charge in [-0.3, -0.25) is 9.69 Å². The van der Waals surface area contributed by atoms with Crippen molar-refractivity contribution < 1.29 is 9.42 Å². The van der Waals surface area contributed by atoms with Crippen molar-refractivity contribution >= 4 is 17.9 Å². The molecule has 32 heavy (non-hydrogen) atoms. The lowest BCUT2D eigenvalue weighted by atomic mass is 9.99. The van der Waals surface area contributed by atoms with E-state index in [1.807, 2.05) is 37.3 Å². The summed E-state index contributed by atoms with van der Waals surface area (Å²) in [6.07, 6.45) is 3.87. The zero-order valence-electron chi connectivity index (χ0n) is 18.2. The zero-order valence-corrected chi connectivity index (χ0v) is 18.2. The number of likely N-dealkylation sites (tertiary alicyclic amines) is 1. The molecular formula is C21H27N9O2. The number of hydrazone groups is 1. The maximum Gasteiger partial charge on any atom is 0.293 e. The Balaban J connectivity index is 1.53. The Bertz CT molecular complexity index is 1070. The standard InChI is InChI=1S/C21H27N9O2/c1-14-8-10-29(11-9-14)13-17-18(24-28-30(17)20-19(22)26-32-27-20)21(31)25-23-12-15(2)16-6-4-3-5-7-16/h3-7,12,14-15H,8-11,13H2,1-2H3,(H2,22,26)(H,25,31)/b23-12+. The third-order valence-corrected chi connectivity index (χ3v) is 5.71. The average Bonchev–Trinajstić information content (AvgIpc) is 3.41. The highest BCUT2D eigenvalue weighted by Gasteiger charge is 2.26. The molecule has 0 aliphatic carbocycles. The average molecular weight is 438 g/mol. The number of amides is 1. The second-order valence-electron chi connectivity index (χ2n) is 8.15. The van der Waals surface area contributed by atoms with Gasteiger partial charge in [0.2, 0.25) is 11.6 Å². The van der Waals surface area contributed by atoms with Crippen molar-refractivity contribution in [2.75, 3.05) is 18.8 Å². The minimum atomic E-state index is -0.455. The molecule has 0 spiro atoms. The molecule has 1 aromatic carbocycles. The van der Waals surface area contributed by atoms with Gasteiger partial charge in [0.15, 0.2) is 5.69 Å². The summed E-state index contributed by atoms with van der Waals surface area (Å²) >= 11 is 0. The molecule has 1 fully saturated rings. The lowest BCUT2D eigenvalue weighted by Crippen LogP contribution is -2.34. The van der Waals surface area contributed by atoms with Crippen molar-refractivity contribution in [1.82, 2.24) is 35.6 Å². The fraction of sp³-hybridized carbons (Fsp3) is 0.429. The molecule has 0 bridgehead atoms. The van der Waals surface area contributed by atoms with E-state index in [2.05, 4.69) is 43.0 Å². The first-order chi connectivity index (χ1) is 15.5. The molecule has 11 heteroatoms. The molecule has 1 aliphatic heterocycles. The van der Waals surface area contributed by atoms with E-state index in [1.165, 1.54) is 4.68 Å². The fourth-order valence-corrected chi connectivity index (χ4v) is 3.66. The molecule has 1 unspecified atom stereocenters. The van der Waals surface area contributed by atoms with E-state index in [9.17, 15) is 4.79 Å². The van der Waals surface area contributed by atoms with E-state index < -0.39 is 5.91 Å². The van der Waals surface area contributed by atoms with Crippen LogP contribution in [0.3, 0.4) is 0 Å². The molecule has 168 valence electrons. The van der Waals surface area contributed by atoms with Gasteiger partial charge in [-0.2, -0.15) is 9.78 Å². The predicted octanol–water partition coefficient (Wildman–Crippen LogP) is 1.98. The van der Waals surface area contributed by atoms with Crippen molar-refractivity contribution in [1.29, 1.82) is 0 Å². The van der Waals surface area contributed by atoms with E-state index in [-0.39, 0.29) is 23.2 Å². The number of nitrogens with zero attached hydrogens (tertiary/aromatic N) is 7. The molecule has 1 aliphatic rings. The highest BCUT2D eigenvalue weighted by molar-refractivity contribution is 5.93. The SMILES string of the molecule is CC1CCN(Cc2c(C(=O)N/N=C/C(C)c3ccccc3)nnn2-c2nonc2N)CC1. The molecule has 3 heterocycles. The Hall–Kier alpha value is -3.60. The smallest absolute Gasteiger partial charge is 0.293 e. The number of hydrogen-bond donors (Lipinski definition) is 2. The van der Waals surface area contributed by atoms with Gasteiger partial charge in [-0.1, -0.05) is 49.4 Å². The third kappa shape index (κ3) is 4.83. The van der Waals surface area contributed by atoms with Crippen LogP contribution in [0.5, 0.6) is 0 Å². The van der Waals surface area contributed by atoms with Crippen LogP contribution >= 0.6 is 0 Å². The van der Waals surface area contributed by atoms with Gasteiger partial charge in [0.25, 0.3) is 5.91 Å². The van der Waals surface area contributed by atoms with Gasteiger partial charge in [0.1, 0.15) is 0 Å². The number of benzene rings is 1. The van der Waals surface area contributed by atoms with E-state index in [0.29, 0.717) is 18.2 Å². The molecule has 0 radical (unpaired) electrons. The van der Waals surface area contributed by atoms with Crippen LogP contribution in [0.15, 0.2) is 40.1 Å². The summed E-state index contributed by atoms with van der Waals surface area (Å²) in [6, 6.07) is 9.92. The third-order valence-electron chi connectivity index (χ3n) is 5.71. The normalized spacial score (nSPS) is 16.4. The lowest BCUT2D eigenvalue weighted by molar-refractivity contribution is 0.0946. The van der Waals surface area contributed by atoms with Gasteiger partial charge in [-0.25, -0.2) is 10.1 Å². The van der Waals surface area contributed by atoms with Crippen LogP contribution in [0.25, 0.3) is 5.82 Å². The summed E-state index contributed by atoms with van der Waals surface area (Å²) in [5, 5.41) is 19.7. The van der Waals surface area contributed by atoms with Gasteiger partial charge in [-0.05, 0) is 47.7 Å². The lowest BCUT2D eigenvalue weighted by Gasteiger charge is -2.30. The van der Waals surface area contributed by atoms with Gasteiger partial charge >= 0.3 is 0 Å². The van der Waals surface area contributed by atoms with Crippen LogP contribution in [0.4, 0.5) is 5.82 Å². The quantitative estimate of drug-likeness (QED) is 0.422. The molecule has 11 nitrogen and oxygen atoms in total. The number of carbonyl (C=O) groups excluding carboxylic acids is 1. The number of nitrogens with one attached hydrogen (secondary N) is 1. The number of aromatic nitrogens is 5. The minimum absolute atomic E-state index is 0.0444. The van der Waals surface area contributed by atoms with Crippen molar-refractivity contribution in [2.24, 2.45) is 11.0 Å². The van der Waals surface area contributed by atoms with Crippen LogP contribution in [-0.4, -0.2) is 55.4 Å². The molecule has 1 atom stereocenters. The van der Waals surface area contributed by atoms with Gasteiger partial charge < -0.3 is 5.73 Å².